The Balaban J connectivity index is 0. The van der Waals surface area contributed by atoms with Crippen molar-refractivity contribution in [2.45, 2.75) is 101 Å². The highest BCUT2D eigenvalue weighted by Gasteiger charge is 2.64. The van der Waals surface area contributed by atoms with Crippen molar-refractivity contribution in [3.8, 4) is 0 Å². The summed E-state index contributed by atoms with van der Waals surface area (Å²) < 4.78 is 251. The Morgan fingerprint density at radius 1 is 0.540 bits per heavy atom. The van der Waals surface area contributed by atoms with Gasteiger partial charge in [-0.05, 0) is 25.1 Å². The van der Waals surface area contributed by atoms with E-state index in [-0.39, 0.29) is 5.41 Å². The van der Waals surface area contributed by atoms with Gasteiger partial charge in [0.05, 0.1) is 26.6 Å². The van der Waals surface area contributed by atoms with E-state index in [2.05, 4.69) is 82.9 Å². The minimum absolute atomic E-state index is 0.246. The van der Waals surface area contributed by atoms with Crippen molar-refractivity contribution in [2.75, 3.05) is 0 Å². The molecule has 0 rings (SSSR count). The van der Waals surface area contributed by atoms with Crippen LogP contribution in [0.25, 0.3) is 0 Å². The van der Waals surface area contributed by atoms with Gasteiger partial charge in [0.15, 0.2) is 8.32 Å². The van der Waals surface area contributed by atoms with Gasteiger partial charge in [0, 0.05) is 0 Å². The first kappa shape index (κ1) is 51.2. The van der Waals surface area contributed by atoms with Crippen LogP contribution in [0.1, 0.15) is 27.2 Å². The standard InChI is InChI=1S/C14H33OSi2.C4BF12O12S4/c1-14(2,3)13(15-17(7,8)9)11-10-12-16(4,5)6;6-1(7,8)30(18,19)26-5(27-31(20,21)2(9,10)11,28-32(22,23)3(12,13)14)29-33(24,25)4(15,16)17/h10,13H,11-12H2,1-9H3;/q+1;-1. The topological polar surface area (TPSA) is 183 Å². The lowest BCUT2D eigenvalue weighted by atomic mass is 9.87. The molecule has 0 aromatic heterocycles. The van der Waals surface area contributed by atoms with Gasteiger partial charge in [-0.3, -0.25) is 0 Å². The molecule has 0 saturated carbocycles. The van der Waals surface area contributed by atoms with Crippen molar-refractivity contribution < 1.29 is 107 Å². The number of hydrogen-bond donors (Lipinski definition) is 0. The summed E-state index contributed by atoms with van der Waals surface area (Å²) in [5.41, 5.74) is -28.3. The molecule has 0 bridgehead atoms. The Hall–Kier alpha value is -0.871. The molecule has 0 aromatic carbocycles. The van der Waals surface area contributed by atoms with E-state index >= 15 is 0 Å². The predicted octanol–water partition coefficient (Wildman–Crippen LogP) is 6.07. The normalized spacial score (nSPS) is 16.0. The van der Waals surface area contributed by atoms with E-state index in [1.54, 1.807) is 0 Å². The van der Waals surface area contributed by atoms with Gasteiger partial charge in [-0.1, -0.05) is 40.4 Å². The van der Waals surface area contributed by atoms with Crippen molar-refractivity contribution in [1.82, 2.24) is 0 Å². The molecule has 0 N–H and O–H groups in total. The predicted molar refractivity (Wildman–Crippen MR) is 155 cm³/mol. The van der Waals surface area contributed by atoms with Crippen LogP contribution in [0.3, 0.4) is 0 Å². The molecule has 0 amide bonds. The molecular formula is C18H33BF12O13S4Si2. The Bertz CT molecular complexity index is 1380. The van der Waals surface area contributed by atoms with Crippen LogP contribution in [0.4, 0.5) is 52.7 Å². The molecule has 50 heavy (non-hydrogen) atoms. The monoisotopic (exact) mass is 880 g/mol. The molecule has 0 aliphatic rings. The average molecular weight is 881 g/mol. The van der Waals surface area contributed by atoms with Gasteiger partial charge in [0.25, 0.3) is 0 Å². The largest absolute Gasteiger partial charge is 0.587 e. The molecule has 1 atom stereocenters. The van der Waals surface area contributed by atoms with Crippen LogP contribution in [0, 0.1) is 11.8 Å². The lowest BCUT2D eigenvalue weighted by Gasteiger charge is -2.37. The maximum Gasteiger partial charge on any atom is 0.587 e. The van der Waals surface area contributed by atoms with Gasteiger partial charge in [-0.15, -0.1) is 0 Å². The zero-order valence-electron chi connectivity index (χ0n) is 27.1. The van der Waals surface area contributed by atoms with Crippen molar-refractivity contribution in [2.24, 2.45) is 5.41 Å². The van der Waals surface area contributed by atoms with Gasteiger partial charge in [0.2, 0.25) is 0 Å². The second kappa shape index (κ2) is 15.8. The summed E-state index contributed by atoms with van der Waals surface area (Å²) in [6, 6.07) is 1.30. The number of rotatable bonds is 14. The summed E-state index contributed by atoms with van der Waals surface area (Å²) in [5.74, 6) is 0. The molecule has 0 fully saturated rings. The number of hydrogen-bond acceptors (Lipinski definition) is 13. The fourth-order valence-electron chi connectivity index (χ4n) is 2.61. The first-order valence-electron chi connectivity index (χ1n) is 12.8. The summed E-state index contributed by atoms with van der Waals surface area (Å²) in [6.07, 6.45) is 3.96. The lowest BCUT2D eigenvalue weighted by Crippen LogP contribution is -2.59. The lowest BCUT2D eigenvalue weighted by molar-refractivity contribution is -0.0651. The highest BCUT2D eigenvalue weighted by Crippen LogP contribution is 2.39. The van der Waals surface area contributed by atoms with Gasteiger partial charge >= 0.3 is 69.5 Å². The molecular weight excluding hydrogens is 847 g/mol. The minimum atomic E-state index is -8.05. The second-order valence-electron chi connectivity index (χ2n) is 12.9. The SMILES string of the molecule is CC(C)(C)C(C[CH+]C[Si](C)(C)C)O[Si](C)(C)C.O=S(=O)(O[B-](OS(=O)(=O)C(F)(F)F)(OS(=O)(=O)C(F)(F)F)OS(=O)(=O)C(F)(F)F)C(F)(F)F. The molecule has 0 spiro atoms. The van der Waals surface area contributed by atoms with Gasteiger partial charge in [0.1, 0.15) is 6.42 Å². The first-order chi connectivity index (χ1) is 21.1. The van der Waals surface area contributed by atoms with E-state index in [1.807, 2.05) is 0 Å². The third-order valence-corrected chi connectivity index (χ3v) is 11.4. The summed E-state index contributed by atoms with van der Waals surface area (Å²) >= 11 is 0. The molecule has 0 radical (unpaired) electrons. The average Bonchev–Trinajstić information content (AvgIpc) is 2.71. The van der Waals surface area contributed by atoms with Crippen molar-refractivity contribution >= 4 is 63.8 Å². The van der Waals surface area contributed by atoms with E-state index in [0.717, 1.165) is 6.42 Å². The fourth-order valence-corrected chi connectivity index (χ4v) is 7.39. The van der Waals surface area contributed by atoms with Crippen LogP contribution >= 0.6 is 0 Å². The van der Waals surface area contributed by atoms with Gasteiger partial charge < -0.3 is 20.8 Å². The van der Waals surface area contributed by atoms with Crippen molar-refractivity contribution in [3.05, 3.63) is 6.42 Å². The third-order valence-electron chi connectivity index (χ3n) is 4.71. The second-order valence-corrected chi connectivity index (χ2v) is 29.2. The highest BCUT2D eigenvalue weighted by molar-refractivity contribution is 7.93. The maximum absolute atomic E-state index is 12.4. The molecule has 0 heterocycles. The number of alkyl halides is 12. The third kappa shape index (κ3) is 16.9. The van der Waals surface area contributed by atoms with Gasteiger partial charge in [-0.2, -0.15) is 86.4 Å². The highest BCUT2D eigenvalue weighted by atomic mass is 32.2. The molecule has 302 valence electrons. The van der Waals surface area contributed by atoms with E-state index in [4.69, 9.17) is 4.43 Å². The zero-order chi connectivity index (χ0) is 41.2. The van der Waals surface area contributed by atoms with Crippen LogP contribution in [0.2, 0.25) is 45.3 Å². The maximum atomic E-state index is 12.4. The molecule has 0 aliphatic heterocycles. The van der Waals surface area contributed by atoms with Crippen LogP contribution < -0.4 is 0 Å². The summed E-state index contributed by atoms with van der Waals surface area (Å²) in [6.45, 7) is 13.1. The van der Waals surface area contributed by atoms with Gasteiger partial charge in [-0.25, -0.2) is 0 Å². The number of halogens is 12. The minimum Gasteiger partial charge on any atom is -0.410 e. The summed E-state index contributed by atoms with van der Waals surface area (Å²) in [4.78, 5) is 0. The Morgan fingerprint density at radius 3 is 0.940 bits per heavy atom. The van der Waals surface area contributed by atoms with E-state index in [0.29, 0.717) is 6.10 Å². The Morgan fingerprint density at radius 2 is 0.780 bits per heavy atom. The van der Waals surface area contributed by atoms with E-state index in [1.165, 1.54) is 6.04 Å². The smallest absolute Gasteiger partial charge is 0.410 e. The molecule has 32 heteroatoms. The van der Waals surface area contributed by atoms with Crippen LogP contribution in [0.15, 0.2) is 0 Å². The van der Waals surface area contributed by atoms with E-state index in [9.17, 15) is 86.4 Å². The molecule has 0 saturated heterocycles. The van der Waals surface area contributed by atoms with Crippen molar-refractivity contribution in [3.63, 3.8) is 0 Å². The molecule has 0 aromatic rings. The Kier molecular flexibility index (Phi) is 16.2. The summed E-state index contributed by atoms with van der Waals surface area (Å²) in [7, 11) is -34.6. The summed E-state index contributed by atoms with van der Waals surface area (Å²) in [5, 5.41) is 0. The zero-order valence-corrected chi connectivity index (χ0v) is 32.4. The Labute approximate surface area is 283 Å². The van der Waals surface area contributed by atoms with E-state index < -0.39 is 85.9 Å². The molecule has 13 nitrogen and oxygen atoms in total. The van der Waals surface area contributed by atoms with Crippen LogP contribution in [-0.4, -0.2) is 85.2 Å². The quantitative estimate of drug-likeness (QED) is 0.0849. The van der Waals surface area contributed by atoms with Crippen LogP contribution in [-0.2, 0) is 61.3 Å². The molecule has 0 aliphatic carbocycles. The fraction of sp³-hybridized carbons (Fsp3) is 0.944. The first-order valence-corrected chi connectivity index (χ1v) is 25.6. The molecule has 1 unspecified atom stereocenters. The van der Waals surface area contributed by atoms with Crippen molar-refractivity contribution in [1.29, 1.82) is 0 Å². The van der Waals surface area contributed by atoms with Crippen LogP contribution in [0.5, 0.6) is 0 Å².